The lowest BCUT2D eigenvalue weighted by molar-refractivity contribution is -0.119. The normalized spacial score (nSPS) is 12.7. The van der Waals surface area contributed by atoms with E-state index in [1.54, 1.807) is 0 Å². The third-order valence-electron chi connectivity index (χ3n) is 1.11. The van der Waals surface area contributed by atoms with Crippen LogP contribution >= 0.6 is 12.6 Å². The van der Waals surface area contributed by atoms with E-state index in [9.17, 15) is 4.79 Å². The number of hydrogen-bond acceptors (Lipinski definition) is 3. The first-order valence-electron chi connectivity index (χ1n) is 3.21. The zero-order valence-electron chi connectivity index (χ0n) is 6.00. The zero-order chi connectivity index (χ0) is 7.98. The highest BCUT2D eigenvalue weighted by molar-refractivity contribution is 7.81. The highest BCUT2D eigenvalue weighted by atomic mass is 32.1. The first-order valence-corrected chi connectivity index (χ1v) is 3.85. The molecule has 0 aromatic rings. The second kappa shape index (κ2) is 5.56. The van der Waals surface area contributed by atoms with Gasteiger partial charge in [-0.15, -0.1) is 0 Å². The summed E-state index contributed by atoms with van der Waals surface area (Å²) in [6.45, 7) is 1.95. The Balaban J connectivity index is 3.37. The summed E-state index contributed by atoms with van der Waals surface area (Å²) < 4.78 is 0. The highest BCUT2D eigenvalue weighted by Crippen LogP contribution is 1.88. The molecular formula is C6H13NO2S. The van der Waals surface area contributed by atoms with E-state index in [1.165, 1.54) is 0 Å². The molecule has 3 nitrogen and oxygen atoms in total. The largest absolute Gasteiger partial charge is 0.396 e. The first kappa shape index (κ1) is 9.78. The smallest absolute Gasteiger partial charge is 0.229 e. The maximum Gasteiger partial charge on any atom is 0.229 e. The molecule has 0 aliphatic carbocycles. The monoisotopic (exact) mass is 163 g/mol. The van der Waals surface area contributed by atoms with Crippen LogP contribution in [0.4, 0.5) is 0 Å². The maximum atomic E-state index is 10.6. The fourth-order valence-corrected chi connectivity index (χ4v) is 0.678. The van der Waals surface area contributed by atoms with Gasteiger partial charge in [0.2, 0.25) is 5.91 Å². The average Bonchev–Trinajstić information content (AvgIpc) is 1.88. The van der Waals surface area contributed by atoms with E-state index < -0.39 is 0 Å². The number of thiol groups is 1. The highest BCUT2D eigenvalue weighted by Gasteiger charge is 2.03. The quantitative estimate of drug-likeness (QED) is 0.503. The molecule has 0 radical (unpaired) electrons. The van der Waals surface area contributed by atoms with E-state index in [1.807, 2.05) is 6.92 Å². The Morgan fingerprint density at radius 1 is 1.80 bits per heavy atom. The average molecular weight is 163 g/mol. The number of aliphatic hydroxyl groups is 1. The van der Waals surface area contributed by atoms with E-state index in [4.69, 9.17) is 5.11 Å². The summed E-state index contributed by atoms with van der Waals surface area (Å²) in [5.74, 6) is 0.111. The molecule has 10 heavy (non-hydrogen) atoms. The topological polar surface area (TPSA) is 49.3 Å². The second-order valence-corrected chi connectivity index (χ2v) is 2.46. The predicted octanol–water partition coefficient (Wildman–Crippen LogP) is -0.197. The van der Waals surface area contributed by atoms with Crippen LogP contribution in [0.3, 0.4) is 0 Å². The van der Waals surface area contributed by atoms with Crippen LogP contribution < -0.4 is 5.32 Å². The molecule has 0 aliphatic heterocycles. The van der Waals surface area contributed by atoms with Crippen molar-refractivity contribution in [3.05, 3.63) is 0 Å². The number of aliphatic hydroxyl groups excluding tert-OH is 1. The summed E-state index contributed by atoms with van der Waals surface area (Å²) in [6.07, 6.45) is 0.597. The van der Waals surface area contributed by atoms with Crippen molar-refractivity contribution in [2.75, 3.05) is 12.4 Å². The summed E-state index contributed by atoms with van der Waals surface area (Å²) in [7, 11) is 0. The van der Waals surface area contributed by atoms with Crippen LogP contribution in [0, 0.1) is 0 Å². The number of carbonyl (C=O) groups excluding carboxylic acids is 1. The number of hydrogen-bond donors (Lipinski definition) is 3. The molecule has 2 N–H and O–H groups in total. The summed E-state index contributed by atoms with van der Waals surface area (Å²) in [6, 6.07) is 0.0460. The molecule has 0 aliphatic rings. The summed E-state index contributed by atoms with van der Waals surface area (Å²) in [4.78, 5) is 10.6. The fraction of sp³-hybridized carbons (Fsp3) is 0.833. The summed E-state index contributed by atoms with van der Waals surface area (Å²) in [5.41, 5.74) is 0. The van der Waals surface area contributed by atoms with Gasteiger partial charge in [-0.25, -0.2) is 0 Å². The lowest BCUT2D eigenvalue weighted by Crippen LogP contribution is -2.33. The fourth-order valence-electron chi connectivity index (χ4n) is 0.586. The van der Waals surface area contributed by atoms with Crippen LogP contribution in [0.25, 0.3) is 0 Å². The van der Waals surface area contributed by atoms with E-state index in [-0.39, 0.29) is 24.3 Å². The van der Waals surface area contributed by atoms with Crippen molar-refractivity contribution in [2.45, 2.75) is 19.4 Å². The molecule has 0 aromatic heterocycles. The molecule has 1 atom stereocenters. The van der Waals surface area contributed by atoms with Crippen LogP contribution in [-0.2, 0) is 4.79 Å². The molecule has 0 heterocycles. The van der Waals surface area contributed by atoms with E-state index in [0.717, 1.165) is 0 Å². The predicted molar refractivity (Wildman–Crippen MR) is 43.2 cm³/mol. The lowest BCUT2D eigenvalue weighted by Gasteiger charge is -2.10. The van der Waals surface area contributed by atoms with E-state index in [2.05, 4.69) is 17.9 Å². The van der Waals surface area contributed by atoms with Gasteiger partial charge in [0, 0.05) is 12.6 Å². The first-order chi connectivity index (χ1) is 4.70. The standard InChI is InChI=1S/C6H13NO2S/c1-5(2-3-8)7-6(9)4-10/h5,8,10H,2-4H2,1H3,(H,7,9). The van der Waals surface area contributed by atoms with Gasteiger partial charge in [0.05, 0.1) is 5.75 Å². The van der Waals surface area contributed by atoms with Crippen LogP contribution in [0.15, 0.2) is 0 Å². The van der Waals surface area contributed by atoms with Gasteiger partial charge in [-0.3, -0.25) is 4.79 Å². The lowest BCUT2D eigenvalue weighted by atomic mass is 10.2. The number of nitrogens with one attached hydrogen (secondary N) is 1. The Hall–Kier alpha value is -0.220. The van der Waals surface area contributed by atoms with Crippen molar-refractivity contribution >= 4 is 18.5 Å². The van der Waals surface area contributed by atoms with Gasteiger partial charge in [0.15, 0.2) is 0 Å². The van der Waals surface area contributed by atoms with Crippen molar-refractivity contribution < 1.29 is 9.90 Å². The minimum Gasteiger partial charge on any atom is -0.396 e. The van der Waals surface area contributed by atoms with Crippen LogP contribution in [-0.4, -0.2) is 29.4 Å². The van der Waals surface area contributed by atoms with Crippen molar-refractivity contribution in [1.82, 2.24) is 5.32 Å². The molecule has 0 spiro atoms. The minimum atomic E-state index is -0.0933. The van der Waals surface area contributed by atoms with E-state index >= 15 is 0 Å². The molecular weight excluding hydrogens is 150 g/mol. The number of amides is 1. The Bertz CT molecular complexity index is 108. The molecule has 0 fully saturated rings. The molecule has 0 saturated carbocycles. The second-order valence-electron chi connectivity index (χ2n) is 2.14. The van der Waals surface area contributed by atoms with Crippen molar-refractivity contribution in [3.8, 4) is 0 Å². The van der Waals surface area contributed by atoms with Crippen LogP contribution in [0.1, 0.15) is 13.3 Å². The third kappa shape index (κ3) is 4.64. The molecule has 0 rings (SSSR count). The van der Waals surface area contributed by atoms with Gasteiger partial charge >= 0.3 is 0 Å². The Labute approximate surface area is 66.2 Å². The molecule has 4 heteroatoms. The molecule has 0 saturated heterocycles. The summed E-state index contributed by atoms with van der Waals surface area (Å²) >= 11 is 3.78. The van der Waals surface area contributed by atoms with Crippen LogP contribution in [0.2, 0.25) is 0 Å². The minimum absolute atomic E-state index is 0.0460. The number of carbonyl (C=O) groups is 1. The molecule has 1 amide bonds. The van der Waals surface area contributed by atoms with Crippen LogP contribution in [0.5, 0.6) is 0 Å². The molecule has 60 valence electrons. The molecule has 0 bridgehead atoms. The van der Waals surface area contributed by atoms with Gasteiger partial charge in [-0.1, -0.05) is 0 Å². The Morgan fingerprint density at radius 2 is 2.40 bits per heavy atom. The van der Waals surface area contributed by atoms with Gasteiger partial charge in [0.25, 0.3) is 0 Å². The maximum absolute atomic E-state index is 10.6. The van der Waals surface area contributed by atoms with Gasteiger partial charge in [0.1, 0.15) is 0 Å². The van der Waals surface area contributed by atoms with Gasteiger partial charge in [-0.05, 0) is 13.3 Å². The SMILES string of the molecule is CC(CCO)NC(=O)CS. The zero-order valence-corrected chi connectivity index (χ0v) is 6.90. The van der Waals surface area contributed by atoms with Gasteiger partial charge < -0.3 is 10.4 Å². The summed E-state index contributed by atoms with van der Waals surface area (Å²) in [5, 5.41) is 11.1. The number of rotatable bonds is 4. The molecule has 0 aromatic carbocycles. The Morgan fingerprint density at radius 3 is 2.80 bits per heavy atom. The van der Waals surface area contributed by atoms with E-state index in [0.29, 0.717) is 6.42 Å². The molecule has 1 unspecified atom stereocenters. The third-order valence-corrected chi connectivity index (χ3v) is 1.40. The Kier molecular flexibility index (Phi) is 5.43. The van der Waals surface area contributed by atoms with Crippen molar-refractivity contribution in [2.24, 2.45) is 0 Å². The van der Waals surface area contributed by atoms with Crippen molar-refractivity contribution in [1.29, 1.82) is 0 Å². The van der Waals surface area contributed by atoms with Crippen molar-refractivity contribution in [3.63, 3.8) is 0 Å². The van der Waals surface area contributed by atoms with Gasteiger partial charge in [-0.2, -0.15) is 12.6 Å².